The van der Waals surface area contributed by atoms with Crippen LogP contribution in [0.5, 0.6) is 0 Å². The van der Waals surface area contributed by atoms with E-state index in [0.717, 1.165) is 25.9 Å². The van der Waals surface area contributed by atoms with E-state index in [1.165, 1.54) is 11.1 Å². The molecule has 1 heterocycles. The number of aryl methyl sites for hydroxylation is 1. The number of aliphatic hydroxyl groups is 1. The summed E-state index contributed by atoms with van der Waals surface area (Å²) in [5.74, 6) is 0. The fraction of sp³-hybridized carbons (Fsp3) is 0.571. The van der Waals surface area contributed by atoms with Crippen LogP contribution in [0.3, 0.4) is 0 Å². The van der Waals surface area contributed by atoms with E-state index in [1.807, 2.05) is 0 Å². The van der Waals surface area contributed by atoms with Crippen molar-refractivity contribution in [2.45, 2.75) is 25.5 Å². The van der Waals surface area contributed by atoms with Gasteiger partial charge in [0.25, 0.3) is 0 Å². The monoisotopic (exact) mass is 235 g/mol. The van der Waals surface area contributed by atoms with E-state index in [-0.39, 0.29) is 6.10 Å². The van der Waals surface area contributed by atoms with Crippen molar-refractivity contribution < 1.29 is 9.84 Å². The normalized spacial score (nSPS) is 18.5. The molecule has 0 amide bonds. The van der Waals surface area contributed by atoms with Crippen molar-refractivity contribution in [3.63, 3.8) is 0 Å². The van der Waals surface area contributed by atoms with Gasteiger partial charge in [-0.25, -0.2) is 0 Å². The van der Waals surface area contributed by atoms with Crippen molar-refractivity contribution in [3.8, 4) is 0 Å². The molecule has 0 aliphatic carbocycles. The standard InChI is InChI=1S/C14H21NO2/c1-17-11-14(16)10-15-8-4-7-12-5-2-3-6-13(12)9-15/h2-3,5-6,14,16H,4,7-11H2,1H3. The van der Waals surface area contributed by atoms with Crippen molar-refractivity contribution in [2.75, 3.05) is 26.8 Å². The van der Waals surface area contributed by atoms with Gasteiger partial charge in [0.15, 0.2) is 0 Å². The third kappa shape index (κ3) is 3.53. The first kappa shape index (κ1) is 12.6. The van der Waals surface area contributed by atoms with Gasteiger partial charge in [0.05, 0.1) is 12.7 Å². The molecule has 0 bridgehead atoms. The van der Waals surface area contributed by atoms with Crippen LogP contribution >= 0.6 is 0 Å². The second-order valence-electron chi connectivity index (χ2n) is 4.72. The number of nitrogens with zero attached hydrogens (tertiary/aromatic N) is 1. The molecule has 1 N–H and O–H groups in total. The largest absolute Gasteiger partial charge is 0.389 e. The molecule has 94 valence electrons. The smallest absolute Gasteiger partial charge is 0.0900 e. The van der Waals surface area contributed by atoms with Crippen molar-refractivity contribution in [3.05, 3.63) is 35.4 Å². The Kier molecular flexibility index (Phi) is 4.54. The summed E-state index contributed by atoms with van der Waals surface area (Å²) in [5.41, 5.74) is 2.85. The number of aliphatic hydroxyl groups excluding tert-OH is 1. The maximum Gasteiger partial charge on any atom is 0.0900 e. The Labute approximate surface area is 103 Å². The highest BCUT2D eigenvalue weighted by Crippen LogP contribution is 2.18. The molecule has 0 fully saturated rings. The van der Waals surface area contributed by atoms with Crippen LogP contribution < -0.4 is 0 Å². The lowest BCUT2D eigenvalue weighted by Crippen LogP contribution is -2.34. The number of ether oxygens (including phenoxy) is 1. The highest BCUT2D eigenvalue weighted by Gasteiger charge is 2.16. The van der Waals surface area contributed by atoms with E-state index in [2.05, 4.69) is 29.2 Å². The zero-order valence-electron chi connectivity index (χ0n) is 10.4. The Morgan fingerprint density at radius 2 is 2.12 bits per heavy atom. The minimum atomic E-state index is -0.384. The van der Waals surface area contributed by atoms with Gasteiger partial charge in [0.2, 0.25) is 0 Å². The predicted octanol–water partition coefficient (Wildman–Crippen LogP) is 1.44. The lowest BCUT2D eigenvalue weighted by molar-refractivity contribution is 0.0362. The number of benzene rings is 1. The molecule has 1 atom stereocenters. The van der Waals surface area contributed by atoms with Crippen LogP contribution in [0.4, 0.5) is 0 Å². The summed E-state index contributed by atoms with van der Waals surface area (Å²) in [6, 6.07) is 8.60. The summed E-state index contributed by atoms with van der Waals surface area (Å²) in [7, 11) is 1.63. The Balaban J connectivity index is 1.98. The molecule has 0 saturated carbocycles. The Hall–Kier alpha value is -0.900. The van der Waals surface area contributed by atoms with Gasteiger partial charge in [0, 0.05) is 20.2 Å². The number of rotatable bonds is 4. The summed E-state index contributed by atoms with van der Waals surface area (Å²) >= 11 is 0. The van der Waals surface area contributed by atoms with Crippen LogP contribution in [0, 0.1) is 0 Å². The van der Waals surface area contributed by atoms with Crippen molar-refractivity contribution >= 4 is 0 Å². The maximum atomic E-state index is 9.77. The third-order valence-corrected chi connectivity index (χ3v) is 3.26. The molecule has 1 unspecified atom stereocenters. The van der Waals surface area contributed by atoms with E-state index in [9.17, 15) is 5.11 Å². The fourth-order valence-corrected chi connectivity index (χ4v) is 2.47. The number of hydrogen-bond acceptors (Lipinski definition) is 3. The van der Waals surface area contributed by atoms with Crippen LogP contribution in [0.2, 0.25) is 0 Å². The van der Waals surface area contributed by atoms with Crippen LogP contribution in [-0.2, 0) is 17.7 Å². The first-order valence-electron chi connectivity index (χ1n) is 6.25. The first-order chi connectivity index (χ1) is 8.29. The van der Waals surface area contributed by atoms with Gasteiger partial charge < -0.3 is 9.84 Å². The lowest BCUT2D eigenvalue weighted by atomic mass is 10.0. The SMILES string of the molecule is COCC(O)CN1CCCc2ccccc2C1. The highest BCUT2D eigenvalue weighted by molar-refractivity contribution is 5.27. The summed E-state index contributed by atoms with van der Waals surface area (Å²) in [6.07, 6.45) is 1.93. The molecule has 1 aromatic carbocycles. The van der Waals surface area contributed by atoms with E-state index < -0.39 is 0 Å². The molecule has 17 heavy (non-hydrogen) atoms. The van der Waals surface area contributed by atoms with Crippen molar-refractivity contribution in [1.82, 2.24) is 4.90 Å². The van der Waals surface area contributed by atoms with E-state index in [0.29, 0.717) is 13.2 Å². The average Bonchev–Trinajstić information content (AvgIpc) is 2.50. The summed E-state index contributed by atoms with van der Waals surface area (Å²) in [4.78, 5) is 2.32. The van der Waals surface area contributed by atoms with E-state index in [1.54, 1.807) is 7.11 Å². The predicted molar refractivity (Wildman–Crippen MR) is 67.9 cm³/mol. The first-order valence-corrected chi connectivity index (χ1v) is 6.25. The molecule has 0 radical (unpaired) electrons. The number of hydrogen-bond donors (Lipinski definition) is 1. The highest BCUT2D eigenvalue weighted by atomic mass is 16.5. The van der Waals surface area contributed by atoms with Crippen molar-refractivity contribution in [1.29, 1.82) is 0 Å². The lowest BCUT2D eigenvalue weighted by Gasteiger charge is -2.23. The topological polar surface area (TPSA) is 32.7 Å². The molecule has 3 heteroatoms. The molecule has 0 spiro atoms. The van der Waals surface area contributed by atoms with Gasteiger partial charge in [-0.1, -0.05) is 24.3 Å². The second kappa shape index (κ2) is 6.15. The quantitative estimate of drug-likeness (QED) is 0.857. The molecule has 0 saturated heterocycles. The molecule has 2 rings (SSSR count). The van der Waals surface area contributed by atoms with Gasteiger partial charge >= 0.3 is 0 Å². The summed E-state index contributed by atoms with van der Waals surface area (Å²) < 4.78 is 4.97. The van der Waals surface area contributed by atoms with Crippen molar-refractivity contribution in [2.24, 2.45) is 0 Å². The minimum absolute atomic E-state index is 0.384. The molecule has 1 aliphatic rings. The van der Waals surface area contributed by atoms with Gasteiger partial charge in [-0.15, -0.1) is 0 Å². The van der Waals surface area contributed by atoms with Gasteiger partial charge in [-0.3, -0.25) is 4.90 Å². The van der Waals surface area contributed by atoms with Crippen LogP contribution in [0.1, 0.15) is 17.5 Å². The molecular formula is C14H21NO2. The van der Waals surface area contributed by atoms with E-state index in [4.69, 9.17) is 4.74 Å². The fourth-order valence-electron chi connectivity index (χ4n) is 2.47. The van der Waals surface area contributed by atoms with Gasteiger partial charge in [-0.2, -0.15) is 0 Å². The summed E-state index contributed by atoms with van der Waals surface area (Å²) in [5, 5.41) is 9.77. The van der Waals surface area contributed by atoms with Crippen LogP contribution in [-0.4, -0.2) is 42.9 Å². The van der Waals surface area contributed by atoms with E-state index >= 15 is 0 Å². The van der Waals surface area contributed by atoms with Gasteiger partial charge in [-0.05, 0) is 30.5 Å². The van der Waals surface area contributed by atoms with Crippen LogP contribution in [0.25, 0.3) is 0 Å². The average molecular weight is 235 g/mol. The number of fused-ring (bicyclic) bond motifs is 1. The number of β-amino-alcohol motifs (C(OH)–C–C–N with tert-alkyl or cyclic N) is 1. The molecule has 1 aliphatic heterocycles. The van der Waals surface area contributed by atoms with Crippen LogP contribution in [0.15, 0.2) is 24.3 Å². The zero-order valence-corrected chi connectivity index (χ0v) is 10.4. The molecule has 1 aromatic rings. The molecular weight excluding hydrogens is 214 g/mol. The zero-order chi connectivity index (χ0) is 12.1. The Morgan fingerprint density at radius 3 is 2.88 bits per heavy atom. The number of methoxy groups -OCH3 is 1. The Morgan fingerprint density at radius 1 is 1.35 bits per heavy atom. The minimum Gasteiger partial charge on any atom is -0.389 e. The second-order valence-corrected chi connectivity index (χ2v) is 4.72. The Bertz CT molecular complexity index is 354. The maximum absolute atomic E-state index is 9.77. The summed E-state index contributed by atoms with van der Waals surface area (Å²) in [6.45, 7) is 3.10. The molecule has 3 nitrogen and oxygen atoms in total. The van der Waals surface area contributed by atoms with Gasteiger partial charge in [0.1, 0.15) is 0 Å². The third-order valence-electron chi connectivity index (χ3n) is 3.26. The molecule has 0 aromatic heterocycles.